The first kappa shape index (κ1) is 7.85. The van der Waals surface area contributed by atoms with Crippen LogP contribution >= 0.6 is 0 Å². The summed E-state index contributed by atoms with van der Waals surface area (Å²) in [5.74, 6) is 0. The zero-order valence-corrected chi connectivity index (χ0v) is 5.19. The van der Waals surface area contributed by atoms with Crippen LogP contribution in [0.3, 0.4) is 0 Å². The van der Waals surface area contributed by atoms with Crippen LogP contribution in [0.5, 0.6) is 0 Å². The molecule has 3 heteroatoms. The molecule has 1 atom stereocenters. The fourth-order valence-corrected chi connectivity index (χ4v) is 0.294. The van der Waals surface area contributed by atoms with Gasteiger partial charge in [0.1, 0.15) is 0 Å². The van der Waals surface area contributed by atoms with Crippen LogP contribution in [0, 0.1) is 0 Å². The minimum absolute atomic E-state index is 0.328. The van der Waals surface area contributed by atoms with Crippen LogP contribution in [-0.4, -0.2) is 26.7 Å². The van der Waals surface area contributed by atoms with Crippen molar-refractivity contribution in [2.24, 2.45) is 0 Å². The molecule has 0 amide bonds. The van der Waals surface area contributed by atoms with Crippen molar-refractivity contribution >= 4 is 0 Å². The average molecular weight is 122 g/mol. The van der Waals surface area contributed by atoms with Crippen LogP contribution in [0.1, 0.15) is 6.92 Å². The second-order valence-electron chi connectivity index (χ2n) is 1.41. The largest absolute Gasteiger partial charge is 0.382 e. The minimum atomic E-state index is -1.18. The van der Waals surface area contributed by atoms with Crippen molar-refractivity contribution in [3.05, 3.63) is 0 Å². The number of ether oxygens (including phenoxy) is 2. The van der Waals surface area contributed by atoms with Crippen LogP contribution < -0.4 is 0 Å². The Morgan fingerprint density at radius 2 is 2.12 bits per heavy atom. The summed E-state index contributed by atoms with van der Waals surface area (Å²) < 4.78 is 20.8. The van der Waals surface area contributed by atoms with Gasteiger partial charge in [-0.3, -0.25) is 0 Å². The van der Waals surface area contributed by atoms with Gasteiger partial charge in [-0.15, -0.1) is 0 Å². The van der Waals surface area contributed by atoms with Gasteiger partial charge in [0.05, 0.1) is 13.2 Å². The van der Waals surface area contributed by atoms with Crippen LogP contribution in [0.2, 0.25) is 0 Å². The van der Waals surface area contributed by atoms with E-state index in [9.17, 15) is 4.39 Å². The van der Waals surface area contributed by atoms with Gasteiger partial charge in [-0.05, 0) is 6.92 Å². The summed E-state index contributed by atoms with van der Waals surface area (Å²) in [5.41, 5.74) is 0. The summed E-state index contributed by atoms with van der Waals surface area (Å²) in [5, 5.41) is 0. The molecule has 0 radical (unpaired) electrons. The maximum atomic E-state index is 11.7. The molecule has 0 aromatic carbocycles. The molecular weight excluding hydrogens is 111 g/mol. The molecule has 0 N–H and O–H groups in total. The van der Waals surface area contributed by atoms with E-state index in [1.165, 1.54) is 6.92 Å². The Balaban J connectivity index is 2.72. The molecule has 0 heterocycles. The normalized spacial score (nSPS) is 13.9. The Labute approximate surface area is 48.6 Å². The van der Waals surface area contributed by atoms with Crippen LogP contribution in [0.15, 0.2) is 0 Å². The van der Waals surface area contributed by atoms with Gasteiger partial charge >= 0.3 is 0 Å². The number of rotatable bonds is 4. The fraction of sp³-hybridized carbons (Fsp3) is 1.00. The summed E-state index contributed by atoms with van der Waals surface area (Å²) in [6, 6.07) is 0. The number of hydrogen-bond donors (Lipinski definition) is 0. The van der Waals surface area contributed by atoms with Crippen molar-refractivity contribution in [3.63, 3.8) is 0 Å². The second kappa shape index (κ2) is 5.00. The fourth-order valence-electron chi connectivity index (χ4n) is 0.294. The SMILES string of the molecule is COCCOC(C)F. The maximum absolute atomic E-state index is 11.7. The van der Waals surface area contributed by atoms with E-state index in [2.05, 4.69) is 9.47 Å². The van der Waals surface area contributed by atoms with E-state index in [0.29, 0.717) is 13.2 Å². The maximum Gasteiger partial charge on any atom is 0.195 e. The Bertz CT molecular complexity index is 47.7. The van der Waals surface area contributed by atoms with Crippen LogP contribution in [0.25, 0.3) is 0 Å². The highest BCUT2D eigenvalue weighted by Crippen LogP contribution is 1.88. The van der Waals surface area contributed by atoms with E-state index in [-0.39, 0.29) is 0 Å². The Morgan fingerprint density at radius 1 is 1.50 bits per heavy atom. The quantitative estimate of drug-likeness (QED) is 0.517. The minimum Gasteiger partial charge on any atom is -0.382 e. The third kappa shape index (κ3) is 5.85. The lowest BCUT2D eigenvalue weighted by molar-refractivity contribution is -0.0433. The summed E-state index contributed by atoms with van der Waals surface area (Å²) in [4.78, 5) is 0. The number of halogens is 1. The summed E-state index contributed by atoms with van der Waals surface area (Å²) in [6.07, 6.45) is -1.18. The molecule has 0 aromatic heterocycles. The first-order chi connectivity index (χ1) is 3.77. The first-order valence-corrected chi connectivity index (χ1v) is 2.52. The Morgan fingerprint density at radius 3 is 2.50 bits per heavy atom. The molecule has 0 fully saturated rings. The first-order valence-electron chi connectivity index (χ1n) is 2.52. The molecular formula is C5H11FO2. The molecule has 50 valence electrons. The van der Waals surface area contributed by atoms with Crippen molar-refractivity contribution in [2.45, 2.75) is 13.3 Å². The van der Waals surface area contributed by atoms with Crippen molar-refractivity contribution in [1.29, 1.82) is 0 Å². The molecule has 0 spiro atoms. The van der Waals surface area contributed by atoms with Crippen molar-refractivity contribution in [1.82, 2.24) is 0 Å². The molecule has 0 bridgehead atoms. The standard InChI is InChI=1S/C5H11FO2/c1-5(6)8-4-3-7-2/h5H,3-4H2,1-2H3. The van der Waals surface area contributed by atoms with Crippen molar-refractivity contribution in [2.75, 3.05) is 20.3 Å². The molecule has 0 aliphatic heterocycles. The smallest absolute Gasteiger partial charge is 0.195 e. The van der Waals surface area contributed by atoms with Gasteiger partial charge in [0.15, 0.2) is 6.36 Å². The predicted octanol–water partition coefficient (Wildman–Crippen LogP) is 0.965. The lowest BCUT2D eigenvalue weighted by Crippen LogP contribution is -2.06. The Hall–Kier alpha value is -0.150. The van der Waals surface area contributed by atoms with Crippen LogP contribution in [-0.2, 0) is 9.47 Å². The molecule has 2 nitrogen and oxygen atoms in total. The Kier molecular flexibility index (Phi) is 4.90. The number of alkyl halides is 1. The van der Waals surface area contributed by atoms with Gasteiger partial charge in [0.2, 0.25) is 0 Å². The third-order valence-corrected chi connectivity index (χ3v) is 0.635. The summed E-state index contributed by atoms with van der Waals surface area (Å²) in [6.45, 7) is 2.12. The van der Waals surface area contributed by atoms with E-state index in [0.717, 1.165) is 0 Å². The van der Waals surface area contributed by atoms with Gasteiger partial charge in [-0.2, -0.15) is 0 Å². The van der Waals surface area contributed by atoms with E-state index < -0.39 is 6.36 Å². The molecule has 8 heavy (non-hydrogen) atoms. The van der Waals surface area contributed by atoms with Crippen molar-refractivity contribution < 1.29 is 13.9 Å². The monoisotopic (exact) mass is 122 g/mol. The lowest BCUT2D eigenvalue weighted by Gasteiger charge is -2.01. The highest BCUT2D eigenvalue weighted by molar-refractivity contribution is 4.27. The molecule has 0 aliphatic carbocycles. The van der Waals surface area contributed by atoms with Gasteiger partial charge in [0, 0.05) is 7.11 Å². The van der Waals surface area contributed by atoms with E-state index in [1.807, 2.05) is 0 Å². The van der Waals surface area contributed by atoms with E-state index >= 15 is 0 Å². The number of hydrogen-bond acceptors (Lipinski definition) is 2. The van der Waals surface area contributed by atoms with Gasteiger partial charge < -0.3 is 9.47 Å². The third-order valence-electron chi connectivity index (χ3n) is 0.635. The molecule has 0 saturated heterocycles. The van der Waals surface area contributed by atoms with Gasteiger partial charge in [-0.1, -0.05) is 0 Å². The van der Waals surface area contributed by atoms with Crippen molar-refractivity contribution in [3.8, 4) is 0 Å². The molecule has 0 aliphatic rings. The zero-order chi connectivity index (χ0) is 6.41. The highest BCUT2D eigenvalue weighted by atomic mass is 19.1. The molecule has 0 aromatic rings. The summed E-state index contributed by atoms with van der Waals surface area (Å²) >= 11 is 0. The second-order valence-corrected chi connectivity index (χ2v) is 1.41. The molecule has 0 saturated carbocycles. The van der Waals surface area contributed by atoms with Crippen LogP contribution in [0.4, 0.5) is 4.39 Å². The van der Waals surface area contributed by atoms with E-state index in [1.54, 1.807) is 7.11 Å². The van der Waals surface area contributed by atoms with Gasteiger partial charge in [0.25, 0.3) is 0 Å². The summed E-state index contributed by atoms with van der Waals surface area (Å²) in [7, 11) is 1.55. The average Bonchev–Trinajstić information content (AvgIpc) is 1.66. The topological polar surface area (TPSA) is 18.5 Å². The zero-order valence-electron chi connectivity index (χ0n) is 5.19. The highest BCUT2D eigenvalue weighted by Gasteiger charge is 1.93. The van der Waals surface area contributed by atoms with E-state index in [4.69, 9.17) is 0 Å². The number of methoxy groups -OCH3 is 1. The molecule has 1 unspecified atom stereocenters. The van der Waals surface area contributed by atoms with Gasteiger partial charge in [-0.25, -0.2) is 4.39 Å². The predicted molar refractivity (Wildman–Crippen MR) is 28.4 cm³/mol. The molecule has 0 rings (SSSR count). The lowest BCUT2D eigenvalue weighted by atomic mass is 10.7.